The number of nitrogens with zero attached hydrogens (tertiary/aromatic N) is 6. The Kier molecular flexibility index (Phi) is 9.31. The van der Waals surface area contributed by atoms with Crippen LogP contribution < -0.4 is 4.74 Å². The molecular weight excluding hydrogens is 566 g/mol. The van der Waals surface area contributed by atoms with Crippen molar-refractivity contribution in [3.8, 4) is 5.75 Å². The number of aliphatic hydroxyl groups is 1. The zero-order valence-electron chi connectivity index (χ0n) is 23.2. The van der Waals surface area contributed by atoms with Gasteiger partial charge in [-0.05, 0) is 54.6 Å². The minimum Gasteiger partial charge on any atom is -0.497 e. The molecule has 0 bridgehead atoms. The lowest BCUT2D eigenvalue weighted by Crippen LogP contribution is -2.52. The average Bonchev–Trinajstić information content (AvgIpc) is 3.57. The molecule has 2 aromatic carbocycles. The van der Waals surface area contributed by atoms with Crippen molar-refractivity contribution in [2.24, 2.45) is 0 Å². The number of ether oxygens (including phenoxy) is 1. The normalized spacial score (nSPS) is 19.0. The smallest absolute Gasteiger partial charge is 0.293 e. The van der Waals surface area contributed by atoms with Crippen molar-refractivity contribution in [1.29, 1.82) is 0 Å². The number of hydrogen-bond donors (Lipinski definition) is 1. The number of hydrogen-bond acceptors (Lipinski definition) is 9. The van der Waals surface area contributed by atoms with Gasteiger partial charge in [0.25, 0.3) is 11.1 Å². The van der Waals surface area contributed by atoms with Crippen LogP contribution in [0.3, 0.4) is 0 Å². The maximum atomic E-state index is 14.7. The number of piperazine rings is 1. The van der Waals surface area contributed by atoms with Gasteiger partial charge >= 0.3 is 0 Å². The zero-order chi connectivity index (χ0) is 29.7. The largest absolute Gasteiger partial charge is 0.497 e. The Labute approximate surface area is 246 Å². The van der Waals surface area contributed by atoms with Crippen molar-refractivity contribution in [2.45, 2.75) is 18.6 Å². The van der Waals surface area contributed by atoms with Gasteiger partial charge in [0.2, 0.25) is 0 Å². The van der Waals surface area contributed by atoms with Crippen molar-refractivity contribution in [3.63, 3.8) is 0 Å². The number of carbonyl (C=O) groups is 2. The summed E-state index contributed by atoms with van der Waals surface area (Å²) >= 11 is 0.945. The fourth-order valence-electron chi connectivity index (χ4n) is 5.21. The van der Waals surface area contributed by atoms with Gasteiger partial charge in [0.05, 0.1) is 18.6 Å². The molecule has 10 nitrogen and oxygen atoms in total. The second-order valence-electron chi connectivity index (χ2n) is 10.3. The van der Waals surface area contributed by atoms with E-state index in [0.717, 1.165) is 29.5 Å². The van der Waals surface area contributed by atoms with Crippen LogP contribution in [0.5, 0.6) is 5.75 Å². The molecular formula is C29H32F2N6O4S. The molecule has 3 aromatic rings. The molecule has 2 amide bonds. The Bertz CT molecular complexity index is 1430. The maximum Gasteiger partial charge on any atom is 0.293 e. The van der Waals surface area contributed by atoms with Crippen LogP contribution in [0.4, 0.5) is 13.6 Å². The lowest BCUT2D eigenvalue weighted by Gasteiger charge is -2.39. The molecule has 1 aromatic heterocycles. The Hall–Kier alpha value is -3.65. The molecule has 13 heteroatoms. The van der Waals surface area contributed by atoms with Crippen LogP contribution in [-0.4, -0.2) is 98.6 Å². The van der Waals surface area contributed by atoms with E-state index in [-0.39, 0.29) is 29.8 Å². The molecule has 2 fully saturated rings. The van der Waals surface area contributed by atoms with Gasteiger partial charge in [0, 0.05) is 50.9 Å². The van der Waals surface area contributed by atoms with E-state index in [9.17, 15) is 23.5 Å². The number of aromatic nitrogens is 3. The molecule has 1 unspecified atom stereocenters. The molecule has 0 radical (unpaired) electrons. The summed E-state index contributed by atoms with van der Waals surface area (Å²) in [5, 5.41) is 15.4. The summed E-state index contributed by atoms with van der Waals surface area (Å²) in [4.78, 5) is 35.2. The highest BCUT2D eigenvalue weighted by atomic mass is 32.2. The summed E-state index contributed by atoms with van der Waals surface area (Å²) in [5.74, 6) is -1.11. The van der Waals surface area contributed by atoms with E-state index in [1.165, 1.54) is 28.3 Å². The van der Waals surface area contributed by atoms with Gasteiger partial charge in [0.1, 0.15) is 35.6 Å². The van der Waals surface area contributed by atoms with Gasteiger partial charge in [-0.25, -0.2) is 18.4 Å². The van der Waals surface area contributed by atoms with Gasteiger partial charge < -0.3 is 14.7 Å². The SMILES string of the molecule is COc1ccc(C=C2SC(=O)N(CCCN3CCN(CC(O)(Cn4cncn4)c4ccc(F)cc4F)CC3)C2=O)cc1. The quantitative estimate of drug-likeness (QED) is 0.333. The van der Waals surface area contributed by atoms with Crippen molar-refractivity contribution in [1.82, 2.24) is 29.5 Å². The first kappa shape index (κ1) is 29.8. The van der Waals surface area contributed by atoms with E-state index in [0.29, 0.717) is 56.3 Å². The third kappa shape index (κ3) is 7.04. The summed E-state index contributed by atoms with van der Waals surface area (Å²) in [5.41, 5.74) is -0.840. The summed E-state index contributed by atoms with van der Waals surface area (Å²) in [7, 11) is 1.58. The summed E-state index contributed by atoms with van der Waals surface area (Å²) < 4.78 is 34.9. The molecule has 2 aliphatic rings. The standard InChI is InChI=1S/C29H32F2N6O4S/c1-41-23-6-3-21(4-7-23)15-26-27(38)37(28(39)42-26)10-2-9-34-11-13-35(14-12-34)17-29(40,18-36-20-32-19-33-36)24-8-5-22(30)16-25(24)31/h3-8,15-16,19-20,40H,2,9-14,17-18H2,1H3. The van der Waals surface area contributed by atoms with Crippen LogP contribution >= 0.6 is 11.8 Å². The number of imide groups is 1. The van der Waals surface area contributed by atoms with E-state index in [1.807, 2.05) is 17.0 Å². The number of rotatable bonds is 11. The maximum absolute atomic E-state index is 14.7. The molecule has 2 aliphatic heterocycles. The van der Waals surface area contributed by atoms with E-state index >= 15 is 0 Å². The third-order valence-electron chi connectivity index (χ3n) is 7.42. The molecule has 1 atom stereocenters. The number of halogens is 2. The van der Waals surface area contributed by atoms with Crippen LogP contribution in [-0.2, 0) is 16.9 Å². The minimum absolute atomic E-state index is 0.0000523. The first-order chi connectivity index (χ1) is 20.2. The van der Waals surface area contributed by atoms with Crippen molar-refractivity contribution in [3.05, 3.63) is 82.8 Å². The van der Waals surface area contributed by atoms with Gasteiger partial charge in [-0.1, -0.05) is 18.2 Å². The number of benzene rings is 2. The molecule has 5 rings (SSSR count). The zero-order valence-corrected chi connectivity index (χ0v) is 24.0. The average molecular weight is 599 g/mol. The Morgan fingerprint density at radius 2 is 1.76 bits per heavy atom. The number of amides is 2. The second kappa shape index (κ2) is 13.1. The van der Waals surface area contributed by atoms with Gasteiger partial charge in [-0.3, -0.25) is 19.4 Å². The van der Waals surface area contributed by atoms with Crippen LogP contribution in [0.2, 0.25) is 0 Å². The van der Waals surface area contributed by atoms with E-state index in [4.69, 9.17) is 4.74 Å². The van der Waals surface area contributed by atoms with E-state index < -0.39 is 17.2 Å². The van der Waals surface area contributed by atoms with Crippen molar-refractivity contribution >= 4 is 29.0 Å². The number of carbonyl (C=O) groups excluding carboxylic acids is 2. The predicted octanol–water partition coefficient (Wildman–Crippen LogP) is 3.20. The molecule has 222 valence electrons. The van der Waals surface area contributed by atoms with E-state index in [1.54, 1.807) is 25.3 Å². The van der Waals surface area contributed by atoms with Gasteiger partial charge in [0.15, 0.2) is 0 Å². The molecule has 0 aliphatic carbocycles. The Morgan fingerprint density at radius 3 is 2.43 bits per heavy atom. The highest BCUT2D eigenvalue weighted by Gasteiger charge is 2.37. The molecule has 2 saturated heterocycles. The number of methoxy groups -OCH3 is 1. The number of β-amino-alcohol motifs (C(OH)–C–C–N with tert-alkyl or cyclic N) is 1. The van der Waals surface area contributed by atoms with Crippen LogP contribution in [0, 0.1) is 11.6 Å². The second-order valence-corrected chi connectivity index (χ2v) is 11.3. The van der Waals surface area contributed by atoms with Crippen LogP contribution in [0.15, 0.2) is 60.0 Å². The molecule has 0 spiro atoms. The topological polar surface area (TPSA) is 104 Å². The minimum atomic E-state index is -1.65. The summed E-state index contributed by atoms with van der Waals surface area (Å²) in [6.07, 6.45) is 5.12. The third-order valence-corrected chi connectivity index (χ3v) is 8.32. The first-order valence-corrected chi connectivity index (χ1v) is 14.4. The molecule has 3 heterocycles. The van der Waals surface area contributed by atoms with Crippen molar-refractivity contribution < 1.29 is 28.2 Å². The first-order valence-electron chi connectivity index (χ1n) is 13.6. The lowest BCUT2D eigenvalue weighted by molar-refractivity contribution is -0.122. The molecule has 42 heavy (non-hydrogen) atoms. The summed E-state index contributed by atoms with van der Waals surface area (Å²) in [6, 6.07) is 10.4. The van der Waals surface area contributed by atoms with Gasteiger partial charge in [-0.2, -0.15) is 5.10 Å². The highest BCUT2D eigenvalue weighted by molar-refractivity contribution is 8.18. The predicted molar refractivity (Wildman–Crippen MR) is 153 cm³/mol. The Balaban J connectivity index is 1.12. The van der Waals surface area contributed by atoms with Gasteiger partial charge in [-0.15, -0.1) is 0 Å². The summed E-state index contributed by atoms with van der Waals surface area (Å²) in [6.45, 7) is 3.74. The van der Waals surface area contributed by atoms with E-state index in [2.05, 4.69) is 15.0 Å². The molecule has 0 saturated carbocycles. The number of thioether (sulfide) groups is 1. The Morgan fingerprint density at radius 1 is 1.02 bits per heavy atom. The highest BCUT2D eigenvalue weighted by Crippen LogP contribution is 2.33. The lowest BCUT2D eigenvalue weighted by atomic mass is 9.92. The fraction of sp³-hybridized carbons (Fsp3) is 0.379. The fourth-order valence-corrected chi connectivity index (χ4v) is 6.07. The van der Waals surface area contributed by atoms with Crippen LogP contribution in [0.25, 0.3) is 6.08 Å². The van der Waals surface area contributed by atoms with Crippen LogP contribution in [0.1, 0.15) is 17.5 Å². The monoisotopic (exact) mass is 598 g/mol. The molecule has 1 N–H and O–H groups in total. The van der Waals surface area contributed by atoms with Crippen molar-refractivity contribution in [2.75, 3.05) is 52.9 Å².